The molecule has 0 saturated heterocycles. The largest absolute Gasteiger partial charge is 0.493 e. The fraction of sp³-hybridized carbons (Fsp3) is 0.176. The Labute approximate surface area is 167 Å². The van der Waals surface area contributed by atoms with E-state index in [0.29, 0.717) is 43.7 Å². The van der Waals surface area contributed by atoms with E-state index in [1.165, 1.54) is 7.11 Å². The maximum atomic E-state index is 5.97. The highest BCUT2D eigenvalue weighted by molar-refractivity contribution is 7.80. The van der Waals surface area contributed by atoms with Gasteiger partial charge in [0.05, 0.1) is 37.6 Å². The molecule has 0 aliphatic rings. The first-order chi connectivity index (χ1) is 12.5. The Morgan fingerprint density at radius 2 is 1.73 bits per heavy atom. The molecule has 0 radical (unpaired) electrons. The van der Waals surface area contributed by atoms with E-state index in [1.54, 1.807) is 50.8 Å². The van der Waals surface area contributed by atoms with E-state index in [0.717, 1.165) is 0 Å². The van der Waals surface area contributed by atoms with Gasteiger partial charge in [0.15, 0.2) is 16.6 Å². The molecular formula is C17H17Cl2N3O3S. The normalized spacial score (nSPS) is 10.5. The van der Waals surface area contributed by atoms with Crippen LogP contribution in [0, 0.1) is 0 Å². The van der Waals surface area contributed by atoms with Crippen LogP contribution in [-0.2, 0) is 0 Å². The number of hydrazone groups is 1. The van der Waals surface area contributed by atoms with E-state index in [4.69, 9.17) is 49.6 Å². The molecule has 0 heterocycles. The lowest BCUT2D eigenvalue weighted by Crippen LogP contribution is -2.23. The molecule has 138 valence electrons. The lowest BCUT2D eigenvalue weighted by molar-refractivity contribution is 0.324. The lowest BCUT2D eigenvalue weighted by Gasteiger charge is -2.13. The number of halogens is 2. The first-order valence-electron chi connectivity index (χ1n) is 7.34. The standard InChI is InChI=1S/C17H17Cl2N3O3S/c1-23-14-7-4-10(15(24-2)16(14)25-3)9-20-22-17(26)21-11-5-6-12(18)13(19)8-11/h4-9H,1-3H3,(H2,21,22,26)/b20-9-. The zero-order valence-corrected chi connectivity index (χ0v) is 16.6. The third-order valence-corrected chi connectivity index (χ3v) is 4.21. The molecule has 0 fully saturated rings. The van der Waals surface area contributed by atoms with E-state index in [1.807, 2.05) is 0 Å². The third kappa shape index (κ3) is 4.91. The number of rotatable bonds is 6. The summed E-state index contributed by atoms with van der Waals surface area (Å²) in [7, 11) is 4.63. The Hall–Kier alpha value is -2.22. The van der Waals surface area contributed by atoms with Gasteiger partial charge in [-0.15, -0.1) is 0 Å². The van der Waals surface area contributed by atoms with Crippen molar-refractivity contribution in [3.05, 3.63) is 45.9 Å². The zero-order chi connectivity index (χ0) is 19.1. The quantitative estimate of drug-likeness (QED) is 0.417. The van der Waals surface area contributed by atoms with Gasteiger partial charge in [0.2, 0.25) is 5.75 Å². The number of hydrogen-bond acceptors (Lipinski definition) is 5. The van der Waals surface area contributed by atoms with Crippen molar-refractivity contribution in [3.63, 3.8) is 0 Å². The molecule has 26 heavy (non-hydrogen) atoms. The highest BCUT2D eigenvalue weighted by Crippen LogP contribution is 2.38. The summed E-state index contributed by atoms with van der Waals surface area (Å²) in [6, 6.07) is 8.64. The molecule has 0 spiro atoms. The molecule has 9 heteroatoms. The number of hydrogen-bond donors (Lipinski definition) is 2. The summed E-state index contributed by atoms with van der Waals surface area (Å²) >= 11 is 17.0. The molecule has 0 saturated carbocycles. The van der Waals surface area contributed by atoms with Crippen molar-refractivity contribution in [1.29, 1.82) is 0 Å². The minimum absolute atomic E-state index is 0.291. The molecule has 2 N–H and O–H groups in total. The molecule has 0 aliphatic carbocycles. The van der Waals surface area contributed by atoms with Crippen LogP contribution in [0.3, 0.4) is 0 Å². The van der Waals surface area contributed by atoms with E-state index in [2.05, 4.69) is 15.8 Å². The van der Waals surface area contributed by atoms with Gasteiger partial charge >= 0.3 is 0 Å². The smallest absolute Gasteiger partial charge is 0.203 e. The van der Waals surface area contributed by atoms with E-state index in [9.17, 15) is 0 Å². The summed E-state index contributed by atoms with van der Waals surface area (Å²) in [5.74, 6) is 1.54. The number of anilines is 1. The molecule has 2 aromatic rings. The van der Waals surface area contributed by atoms with Crippen molar-refractivity contribution in [1.82, 2.24) is 5.43 Å². The summed E-state index contributed by atoms with van der Waals surface area (Å²) in [6.07, 6.45) is 1.56. The van der Waals surface area contributed by atoms with E-state index in [-0.39, 0.29) is 0 Å². The van der Waals surface area contributed by atoms with Gasteiger partial charge in [-0.05, 0) is 42.5 Å². The Morgan fingerprint density at radius 1 is 1.00 bits per heavy atom. The molecule has 0 unspecified atom stereocenters. The maximum Gasteiger partial charge on any atom is 0.203 e. The highest BCUT2D eigenvalue weighted by atomic mass is 35.5. The number of ether oxygens (including phenoxy) is 3. The first-order valence-corrected chi connectivity index (χ1v) is 8.50. The fourth-order valence-electron chi connectivity index (χ4n) is 2.12. The van der Waals surface area contributed by atoms with Gasteiger partial charge in [0, 0.05) is 11.3 Å². The number of benzene rings is 2. The van der Waals surface area contributed by atoms with Crippen LogP contribution in [0.15, 0.2) is 35.4 Å². The molecule has 0 aliphatic heterocycles. The fourth-order valence-corrected chi connectivity index (χ4v) is 2.59. The molecule has 6 nitrogen and oxygen atoms in total. The van der Waals surface area contributed by atoms with Crippen LogP contribution in [0.1, 0.15) is 5.56 Å². The average Bonchev–Trinajstić information content (AvgIpc) is 2.64. The van der Waals surface area contributed by atoms with Crippen molar-refractivity contribution in [2.75, 3.05) is 26.6 Å². The lowest BCUT2D eigenvalue weighted by atomic mass is 10.2. The maximum absolute atomic E-state index is 5.97. The summed E-state index contributed by atoms with van der Waals surface area (Å²) in [4.78, 5) is 0. The minimum Gasteiger partial charge on any atom is -0.493 e. The predicted octanol–water partition coefficient (Wildman–Crippen LogP) is 4.34. The highest BCUT2D eigenvalue weighted by Gasteiger charge is 2.14. The summed E-state index contributed by atoms with van der Waals surface area (Å²) in [6.45, 7) is 0. The van der Waals surface area contributed by atoms with Gasteiger partial charge in [-0.25, -0.2) is 0 Å². The van der Waals surface area contributed by atoms with Crippen molar-refractivity contribution in [3.8, 4) is 17.2 Å². The second kappa shape index (κ2) is 9.47. The van der Waals surface area contributed by atoms with Crippen LogP contribution < -0.4 is 25.0 Å². The van der Waals surface area contributed by atoms with Crippen LogP contribution >= 0.6 is 35.4 Å². The van der Waals surface area contributed by atoms with Crippen molar-refractivity contribution in [2.24, 2.45) is 5.10 Å². The topological polar surface area (TPSA) is 64.1 Å². The Morgan fingerprint density at radius 3 is 2.35 bits per heavy atom. The van der Waals surface area contributed by atoms with Crippen LogP contribution in [0.25, 0.3) is 0 Å². The number of thiocarbonyl (C=S) groups is 1. The molecule has 0 atom stereocenters. The Kier molecular flexibility index (Phi) is 7.32. The summed E-state index contributed by atoms with van der Waals surface area (Å²) < 4.78 is 16.0. The van der Waals surface area contributed by atoms with Gasteiger partial charge in [0.1, 0.15) is 0 Å². The molecule has 0 bridgehead atoms. The Balaban J connectivity index is 2.07. The molecule has 2 rings (SSSR count). The summed E-state index contributed by atoms with van der Waals surface area (Å²) in [5.41, 5.74) is 4.10. The van der Waals surface area contributed by atoms with Gasteiger partial charge in [-0.3, -0.25) is 5.43 Å². The zero-order valence-electron chi connectivity index (χ0n) is 14.3. The third-order valence-electron chi connectivity index (χ3n) is 3.28. The molecular weight excluding hydrogens is 397 g/mol. The molecule has 2 aromatic carbocycles. The summed E-state index contributed by atoms with van der Waals surface area (Å²) in [5, 5.41) is 8.24. The van der Waals surface area contributed by atoms with Crippen molar-refractivity contribution >= 4 is 52.4 Å². The van der Waals surface area contributed by atoms with Crippen LogP contribution in [0.5, 0.6) is 17.2 Å². The van der Waals surface area contributed by atoms with Gasteiger partial charge in [0.25, 0.3) is 0 Å². The molecule has 0 amide bonds. The second-order valence-electron chi connectivity index (χ2n) is 4.88. The van der Waals surface area contributed by atoms with Crippen molar-refractivity contribution < 1.29 is 14.2 Å². The first kappa shape index (κ1) is 20.1. The number of methoxy groups -OCH3 is 3. The average molecular weight is 414 g/mol. The Bertz CT molecular complexity index is 831. The number of nitrogens with one attached hydrogen (secondary N) is 2. The van der Waals surface area contributed by atoms with Crippen LogP contribution in [-0.4, -0.2) is 32.7 Å². The SMILES string of the molecule is COc1ccc(/C=N\NC(=S)Nc2ccc(Cl)c(Cl)c2)c(OC)c1OC. The second-order valence-corrected chi connectivity index (χ2v) is 6.10. The van der Waals surface area contributed by atoms with Gasteiger partial charge in [-0.1, -0.05) is 23.2 Å². The van der Waals surface area contributed by atoms with Crippen LogP contribution in [0.4, 0.5) is 5.69 Å². The van der Waals surface area contributed by atoms with Crippen molar-refractivity contribution in [2.45, 2.75) is 0 Å². The van der Waals surface area contributed by atoms with Gasteiger partial charge < -0.3 is 19.5 Å². The van der Waals surface area contributed by atoms with Gasteiger partial charge in [-0.2, -0.15) is 5.10 Å². The van der Waals surface area contributed by atoms with E-state index >= 15 is 0 Å². The van der Waals surface area contributed by atoms with E-state index < -0.39 is 0 Å². The molecule has 0 aromatic heterocycles. The number of nitrogens with zero attached hydrogens (tertiary/aromatic N) is 1. The predicted molar refractivity (Wildman–Crippen MR) is 110 cm³/mol. The monoisotopic (exact) mass is 413 g/mol. The van der Waals surface area contributed by atoms with Crippen LogP contribution in [0.2, 0.25) is 10.0 Å². The minimum atomic E-state index is 0.291.